The lowest BCUT2D eigenvalue weighted by Gasteiger charge is -2.23. The number of alkyl halides is 2. The van der Waals surface area contributed by atoms with E-state index in [0.29, 0.717) is 23.6 Å². The third-order valence-corrected chi connectivity index (χ3v) is 7.43. The van der Waals surface area contributed by atoms with Gasteiger partial charge in [-0.3, -0.25) is 14.8 Å². The van der Waals surface area contributed by atoms with Gasteiger partial charge in [0, 0.05) is 29.4 Å². The van der Waals surface area contributed by atoms with Crippen molar-refractivity contribution in [2.75, 3.05) is 0 Å². The number of halogens is 4. The number of carbonyl (C=O) groups excluding carboxylic acids is 1. The smallest absolute Gasteiger partial charge is 0.293 e. The third kappa shape index (κ3) is 3.90. The van der Waals surface area contributed by atoms with Crippen LogP contribution in [0.4, 0.5) is 13.2 Å². The normalized spacial score (nSPS) is 25.2. The molecule has 166 valence electrons. The molecule has 1 aromatic carbocycles. The first-order chi connectivity index (χ1) is 15.3. The molecule has 2 heterocycles. The fourth-order valence-corrected chi connectivity index (χ4v) is 5.79. The Hall–Kier alpha value is -2.47. The highest BCUT2D eigenvalue weighted by atomic mass is 35.5. The first kappa shape index (κ1) is 21.4. The van der Waals surface area contributed by atoms with Gasteiger partial charge in [-0.2, -0.15) is 8.78 Å². The predicted molar refractivity (Wildman–Crippen MR) is 116 cm³/mol. The summed E-state index contributed by atoms with van der Waals surface area (Å²) in [6.45, 7) is 0. The van der Waals surface area contributed by atoms with Gasteiger partial charge in [-0.1, -0.05) is 11.6 Å². The number of pyridine rings is 2. The maximum Gasteiger partial charge on any atom is 0.308 e. The predicted octanol–water partition coefficient (Wildman–Crippen LogP) is 6.39. The Kier molecular flexibility index (Phi) is 5.44. The molecule has 2 aromatic heterocycles. The number of Topliss-reactive ketones (excluding diaryl/α,β-unsaturated/α-hetero) is 1. The van der Waals surface area contributed by atoms with Crippen LogP contribution in [0, 0.1) is 23.6 Å². The van der Waals surface area contributed by atoms with Crippen LogP contribution in [-0.4, -0.2) is 21.7 Å². The molecule has 0 spiro atoms. The minimum absolute atomic E-state index is 0.147. The van der Waals surface area contributed by atoms with Crippen molar-refractivity contribution in [1.82, 2.24) is 9.97 Å². The number of hydrogen-bond donors (Lipinski definition) is 0. The Morgan fingerprint density at radius 2 is 1.78 bits per heavy atom. The molecule has 2 unspecified atom stereocenters. The van der Waals surface area contributed by atoms with Crippen LogP contribution < -0.4 is 0 Å². The lowest BCUT2D eigenvalue weighted by Crippen LogP contribution is -2.37. The molecule has 0 bridgehead atoms. The summed E-state index contributed by atoms with van der Waals surface area (Å²) in [5.41, 5.74) is 2.08. The fourth-order valence-electron chi connectivity index (χ4n) is 5.68. The first-order valence-electron chi connectivity index (χ1n) is 10.9. The molecule has 7 heteroatoms. The monoisotopic (exact) mass is 458 g/mol. The van der Waals surface area contributed by atoms with Gasteiger partial charge in [0.05, 0.1) is 17.0 Å². The van der Waals surface area contributed by atoms with E-state index in [-0.39, 0.29) is 23.6 Å². The van der Waals surface area contributed by atoms with Crippen molar-refractivity contribution >= 4 is 28.3 Å². The average molecular weight is 459 g/mol. The fraction of sp³-hybridized carbons (Fsp3) is 0.400. The maximum atomic E-state index is 15.0. The molecule has 3 nitrogen and oxygen atoms in total. The number of ketones is 1. The van der Waals surface area contributed by atoms with E-state index >= 15 is 8.78 Å². The first-order valence-corrected chi connectivity index (χ1v) is 11.2. The van der Waals surface area contributed by atoms with Gasteiger partial charge in [-0.15, -0.1) is 0 Å². The van der Waals surface area contributed by atoms with Crippen LogP contribution in [0.5, 0.6) is 0 Å². The largest absolute Gasteiger partial charge is 0.308 e. The van der Waals surface area contributed by atoms with E-state index in [0.717, 1.165) is 29.3 Å². The van der Waals surface area contributed by atoms with Crippen molar-refractivity contribution < 1.29 is 18.0 Å². The van der Waals surface area contributed by atoms with Crippen molar-refractivity contribution in [3.63, 3.8) is 0 Å². The molecule has 2 saturated carbocycles. The lowest BCUT2D eigenvalue weighted by atomic mass is 9.87. The highest BCUT2D eigenvalue weighted by molar-refractivity contribution is 6.30. The summed E-state index contributed by atoms with van der Waals surface area (Å²) in [6.07, 6.45) is 4.92. The second kappa shape index (κ2) is 8.14. The van der Waals surface area contributed by atoms with E-state index in [4.69, 9.17) is 11.6 Å². The van der Waals surface area contributed by atoms with Gasteiger partial charge >= 0.3 is 5.92 Å². The van der Waals surface area contributed by atoms with E-state index in [2.05, 4.69) is 9.97 Å². The Balaban J connectivity index is 1.28. The van der Waals surface area contributed by atoms with Crippen LogP contribution in [0.3, 0.4) is 0 Å². The third-order valence-electron chi connectivity index (χ3n) is 7.21. The van der Waals surface area contributed by atoms with Crippen LogP contribution in [0.15, 0.2) is 48.8 Å². The molecule has 2 fully saturated rings. The topological polar surface area (TPSA) is 42.9 Å². The minimum Gasteiger partial charge on any atom is -0.293 e. The van der Waals surface area contributed by atoms with Crippen molar-refractivity contribution in [3.8, 4) is 0 Å². The van der Waals surface area contributed by atoms with Gasteiger partial charge in [-0.25, -0.2) is 4.39 Å². The zero-order valence-electron chi connectivity index (χ0n) is 17.3. The highest BCUT2D eigenvalue weighted by Crippen LogP contribution is 2.56. The van der Waals surface area contributed by atoms with Gasteiger partial charge in [-0.05, 0) is 85.4 Å². The molecule has 3 aromatic rings. The molecule has 4 atom stereocenters. The van der Waals surface area contributed by atoms with Crippen LogP contribution in [-0.2, 0) is 11.2 Å². The number of rotatable bonds is 5. The molecule has 32 heavy (non-hydrogen) atoms. The number of nitrogens with zero attached hydrogens (tertiary/aromatic N) is 2. The summed E-state index contributed by atoms with van der Waals surface area (Å²) in [7, 11) is 0. The van der Waals surface area contributed by atoms with Crippen molar-refractivity contribution in [1.29, 1.82) is 0 Å². The summed E-state index contributed by atoms with van der Waals surface area (Å²) in [5.74, 6) is -5.20. The molecule has 0 amide bonds. The molecule has 0 saturated heterocycles. The van der Waals surface area contributed by atoms with Crippen LogP contribution in [0.2, 0.25) is 5.02 Å². The Bertz CT molecular complexity index is 1150. The second-order valence-electron chi connectivity index (χ2n) is 9.11. The average Bonchev–Trinajstić information content (AvgIpc) is 3.34. The molecular weight excluding hydrogens is 437 g/mol. The summed E-state index contributed by atoms with van der Waals surface area (Å²) in [4.78, 5) is 20.7. The maximum absolute atomic E-state index is 15.0. The van der Waals surface area contributed by atoms with E-state index in [9.17, 15) is 9.18 Å². The van der Waals surface area contributed by atoms with Gasteiger partial charge in [0.2, 0.25) is 5.78 Å². The number of fused-ring (bicyclic) bond motifs is 2. The quantitative estimate of drug-likeness (QED) is 0.445. The highest BCUT2D eigenvalue weighted by Gasteiger charge is 2.54. The van der Waals surface area contributed by atoms with E-state index in [1.807, 2.05) is 6.07 Å². The van der Waals surface area contributed by atoms with Gasteiger partial charge in [0.15, 0.2) is 0 Å². The Labute approximate surface area is 189 Å². The van der Waals surface area contributed by atoms with E-state index in [1.54, 1.807) is 18.3 Å². The molecular formula is C25H22ClF3N2O. The van der Waals surface area contributed by atoms with Gasteiger partial charge in [0.25, 0.3) is 0 Å². The van der Waals surface area contributed by atoms with Gasteiger partial charge < -0.3 is 0 Å². The number of hydrogen-bond acceptors (Lipinski definition) is 3. The SMILES string of the molecule is O=C(Cc1ccc(Cl)cn1)C(F)(F)C1C[C@H]2CC(c3ccnc4ccc(F)cc34)C[C@H]2C1. The summed E-state index contributed by atoms with van der Waals surface area (Å²) >= 11 is 5.77. The summed E-state index contributed by atoms with van der Waals surface area (Å²) < 4.78 is 43.8. The zero-order valence-corrected chi connectivity index (χ0v) is 18.0. The van der Waals surface area contributed by atoms with Crippen LogP contribution >= 0.6 is 11.6 Å². The van der Waals surface area contributed by atoms with Crippen molar-refractivity contribution in [2.45, 2.75) is 43.9 Å². The lowest BCUT2D eigenvalue weighted by molar-refractivity contribution is -0.150. The van der Waals surface area contributed by atoms with E-state index < -0.39 is 24.0 Å². The standard InChI is InChI=1S/C25H22ClF3N2O/c26-18-1-3-20(31-13-18)12-24(32)25(28,29)17-9-14-7-16(8-15(14)10-17)21-5-6-30-23-4-2-19(27)11-22(21)23/h1-6,11,13-17H,7-10,12H2/t14-,15+,16?,17?. The summed E-state index contributed by atoms with van der Waals surface area (Å²) in [5, 5.41) is 1.20. The molecule has 0 radical (unpaired) electrons. The summed E-state index contributed by atoms with van der Waals surface area (Å²) in [6, 6.07) is 9.54. The minimum atomic E-state index is -3.37. The van der Waals surface area contributed by atoms with Crippen LogP contribution in [0.1, 0.15) is 42.9 Å². The number of aromatic nitrogens is 2. The van der Waals surface area contributed by atoms with Crippen LogP contribution in [0.25, 0.3) is 10.9 Å². The number of benzene rings is 1. The second-order valence-corrected chi connectivity index (χ2v) is 9.55. The number of carbonyl (C=O) groups is 1. The Morgan fingerprint density at radius 1 is 1.03 bits per heavy atom. The zero-order chi connectivity index (χ0) is 22.5. The molecule has 2 aliphatic rings. The van der Waals surface area contributed by atoms with E-state index in [1.165, 1.54) is 24.4 Å². The molecule has 5 rings (SSSR count). The Morgan fingerprint density at radius 3 is 2.47 bits per heavy atom. The molecule has 2 aliphatic carbocycles. The molecule has 0 N–H and O–H groups in total. The van der Waals surface area contributed by atoms with Gasteiger partial charge in [0.1, 0.15) is 5.82 Å². The van der Waals surface area contributed by atoms with Crippen molar-refractivity contribution in [2.24, 2.45) is 17.8 Å². The van der Waals surface area contributed by atoms with Crippen molar-refractivity contribution in [3.05, 3.63) is 70.9 Å². The molecule has 0 aliphatic heterocycles.